The molecule has 1 atom stereocenters. The second-order valence-electron chi connectivity index (χ2n) is 6.41. The minimum absolute atomic E-state index is 0.0681. The van der Waals surface area contributed by atoms with E-state index in [1.54, 1.807) is 31.2 Å². The highest BCUT2D eigenvalue weighted by molar-refractivity contribution is 8.00. The molecule has 0 radical (unpaired) electrons. The molecule has 1 unspecified atom stereocenters. The quantitative estimate of drug-likeness (QED) is 0.195. The van der Waals surface area contributed by atoms with Crippen LogP contribution < -0.4 is 0 Å². The summed E-state index contributed by atoms with van der Waals surface area (Å²) in [6.45, 7) is 5.98. The van der Waals surface area contributed by atoms with E-state index in [-0.39, 0.29) is 12.5 Å². The van der Waals surface area contributed by atoms with Gasteiger partial charge in [-0.3, -0.25) is 14.8 Å². The van der Waals surface area contributed by atoms with Gasteiger partial charge in [-0.15, -0.1) is 11.8 Å². The van der Waals surface area contributed by atoms with Gasteiger partial charge in [-0.2, -0.15) is 0 Å². The minimum atomic E-state index is -0.467. The van der Waals surface area contributed by atoms with Crippen LogP contribution in [0, 0.1) is 0 Å². The number of carbonyl (C=O) groups excluding carboxylic acids is 2. The Hall–Kier alpha value is -2.83. The van der Waals surface area contributed by atoms with E-state index in [1.165, 1.54) is 11.8 Å². The number of hydroxylamine groups is 2. The molecular formula is C24H27NO4S. The van der Waals surface area contributed by atoms with Gasteiger partial charge in [0.2, 0.25) is 0 Å². The maximum Gasteiger partial charge on any atom is 0.323 e. The van der Waals surface area contributed by atoms with Gasteiger partial charge in [0.05, 0.1) is 13.2 Å². The molecule has 0 bridgehead atoms. The fraction of sp³-hybridized carbons (Fsp3) is 0.250. The van der Waals surface area contributed by atoms with Crippen LogP contribution >= 0.6 is 11.8 Å². The number of hydrogen-bond donors (Lipinski definition) is 1. The lowest BCUT2D eigenvalue weighted by Crippen LogP contribution is -2.26. The van der Waals surface area contributed by atoms with Crippen LogP contribution in [-0.4, -0.2) is 34.0 Å². The third kappa shape index (κ3) is 6.61. The van der Waals surface area contributed by atoms with Crippen molar-refractivity contribution in [3.63, 3.8) is 0 Å². The molecule has 0 aliphatic heterocycles. The molecule has 5 nitrogen and oxygen atoms in total. The smallest absolute Gasteiger partial charge is 0.323 e. The van der Waals surface area contributed by atoms with E-state index < -0.39 is 11.2 Å². The SMILES string of the molecule is C/C=C\C(=C/C)C(Sc1ccc(CN(O)C(=O)c2ccccc2)cc1)C(=O)OCC. The van der Waals surface area contributed by atoms with Crippen LogP contribution in [0.3, 0.4) is 0 Å². The van der Waals surface area contributed by atoms with Gasteiger partial charge < -0.3 is 4.74 Å². The molecule has 2 rings (SSSR count). The Kier molecular flexibility index (Phi) is 9.38. The molecular weight excluding hydrogens is 398 g/mol. The van der Waals surface area contributed by atoms with Crippen molar-refractivity contribution in [1.82, 2.24) is 5.06 Å². The van der Waals surface area contributed by atoms with Crippen LogP contribution in [0.5, 0.6) is 0 Å². The molecule has 0 saturated carbocycles. The molecule has 1 amide bonds. The standard InChI is InChI=1S/C24H27NO4S/c1-4-10-19(5-2)22(24(27)29-6-3)30-21-15-13-18(14-16-21)17-25(28)23(26)20-11-8-7-9-12-20/h4-5,7-16,22,28H,6,17H2,1-3H3/b10-4-,19-5+. The summed E-state index contributed by atoms with van der Waals surface area (Å²) in [6, 6.07) is 16.0. The van der Waals surface area contributed by atoms with Crippen LogP contribution in [0.25, 0.3) is 0 Å². The summed E-state index contributed by atoms with van der Waals surface area (Å²) in [7, 11) is 0. The van der Waals surface area contributed by atoms with E-state index >= 15 is 0 Å². The summed E-state index contributed by atoms with van der Waals surface area (Å²) in [5.41, 5.74) is 2.07. The van der Waals surface area contributed by atoms with Crippen molar-refractivity contribution in [2.24, 2.45) is 0 Å². The molecule has 0 spiro atoms. The van der Waals surface area contributed by atoms with Crippen molar-refractivity contribution >= 4 is 23.6 Å². The third-order valence-corrected chi connectivity index (χ3v) is 5.51. The number of ether oxygens (including phenoxy) is 1. The van der Waals surface area contributed by atoms with E-state index in [0.717, 1.165) is 16.0 Å². The maximum atomic E-state index is 12.4. The molecule has 2 aromatic carbocycles. The number of esters is 1. The molecule has 6 heteroatoms. The zero-order chi connectivity index (χ0) is 21.9. The van der Waals surface area contributed by atoms with Crippen LogP contribution in [0.15, 0.2) is 83.3 Å². The number of amides is 1. The number of thioether (sulfide) groups is 1. The first-order valence-corrected chi connectivity index (χ1v) is 10.6. The molecule has 158 valence electrons. The fourth-order valence-electron chi connectivity index (χ4n) is 2.78. The Morgan fingerprint density at radius 1 is 1.10 bits per heavy atom. The average Bonchev–Trinajstić information content (AvgIpc) is 2.77. The van der Waals surface area contributed by atoms with Gasteiger partial charge in [0.1, 0.15) is 5.25 Å². The van der Waals surface area contributed by atoms with E-state index in [1.807, 2.05) is 62.4 Å². The highest BCUT2D eigenvalue weighted by Gasteiger charge is 2.24. The number of rotatable bonds is 9. The summed E-state index contributed by atoms with van der Waals surface area (Å²) in [5, 5.41) is 10.4. The summed E-state index contributed by atoms with van der Waals surface area (Å²) < 4.78 is 5.24. The van der Waals surface area contributed by atoms with E-state index in [9.17, 15) is 14.8 Å². The Labute approximate surface area is 182 Å². The summed E-state index contributed by atoms with van der Waals surface area (Å²) >= 11 is 1.40. The fourth-order valence-corrected chi connectivity index (χ4v) is 3.86. The zero-order valence-electron chi connectivity index (χ0n) is 17.4. The van der Waals surface area contributed by atoms with E-state index in [4.69, 9.17) is 4.74 Å². The lowest BCUT2D eigenvalue weighted by molar-refractivity contribution is -0.141. The lowest BCUT2D eigenvalue weighted by atomic mass is 10.1. The first-order valence-electron chi connectivity index (χ1n) is 9.77. The normalized spacial score (nSPS) is 12.6. The minimum Gasteiger partial charge on any atom is -0.465 e. The van der Waals surface area contributed by atoms with Gasteiger partial charge >= 0.3 is 5.97 Å². The largest absolute Gasteiger partial charge is 0.465 e. The number of hydrogen-bond acceptors (Lipinski definition) is 5. The van der Waals surface area contributed by atoms with E-state index in [0.29, 0.717) is 17.2 Å². The van der Waals surface area contributed by atoms with E-state index in [2.05, 4.69) is 0 Å². The van der Waals surface area contributed by atoms with Gasteiger partial charge in [-0.05, 0) is 56.2 Å². The second-order valence-corrected chi connectivity index (χ2v) is 7.59. The number of allylic oxidation sites excluding steroid dienone is 3. The van der Waals surface area contributed by atoms with Crippen LogP contribution in [-0.2, 0) is 16.1 Å². The van der Waals surface area contributed by atoms with Crippen LogP contribution in [0.2, 0.25) is 0 Å². The van der Waals surface area contributed by atoms with Gasteiger partial charge in [0, 0.05) is 10.5 Å². The molecule has 30 heavy (non-hydrogen) atoms. The monoisotopic (exact) mass is 425 g/mol. The molecule has 0 aliphatic rings. The molecule has 0 aromatic heterocycles. The first kappa shape index (κ1) is 23.4. The number of carbonyl (C=O) groups is 2. The molecule has 0 heterocycles. The lowest BCUT2D eigenvalue weighted by Gasteiger charge is -2.17. The Bertz CT molecular complexity index is 891. The third-order valence-electron chi connectivity index (χ3n) is 4.26. The van der Waals surface area contributed by atoms with Crippen molar-refractivity contribution in [3.05, 3.63) is 89.5 Å². The average molecular weight is 426 g/mol. The van der Waals surface area contributed by atoms with Crippen LogP contribution in [0.1, 0.15) is 36.7 Å². The topological polar surface area (TPSA) is 66.8 Å². The highest BCUT2D eigenvalue weighted by Crippen LogP contribution is 2.30. The van der Waals surface area contributed by atoms with Crippen molar-refractivity contribution in [3.8, 4) is 0 Å². The molecule has 0 aliphatic carbocycles. The first-order chi connectivity index (χ1) is 14.5. The summed E-state index contributed by atoms with van der Waals surface area (Å²) in [6.07, 6.45) is 5.70. The maximum absolute atomic E-state index is 12.4. The molecule has 2 aromatic rings. The molecule has 0 fully saturated rings. The highest BCUT2D eigenvalue weighted by atomic mass is 32.2. The van der Waals surface area contributed by atoms with Gasteiger partial charge in [-0.25, -0.2) is 5.06 Å². The van der Waals surface area contributed by atoms with Crippen molar-refractivity contribution < 1.29 is 19.5 Å². The molecule has 0 saturated heterocycles. The zero-order valence-corrected chi connectivity index (χ0v) is 18.3. The predicted molar refractivity (Wildman–Crippen MR) is 119 cm³/mol. The summed E-state index contributed by atoms with van der Waals surface area (Å²) in [5.74, 6) is -0.742. The number of nitrogens with zero attached hydrogens (tertiary/aromatic N) is 1. The second kappa shape index (κ2) is 12.0. The van der Waals surface area contributed by atoms with Crippen molar-refractivity contribution in [2.45, 2.75) is 37.5 Å². The van der Waals surface area contributed by atoms with Gasteiger partial charge in [0.25, 0.3) is 5.91 Å². The summed E-state index contributed by atoms with van der Waals surface area (Å²) in [4.78, 5) is 25.6. The predicted octanol–water partition coefficient (Wildman–Crippen LogP) is 5.26. The van der Waals surface area contributed by atoms with Crippen molar-refractivity contribution in [1.29, 1.82) is 0 Å². The Morgan fingerprint density at radius 3 is 2.33 bits per heavy atom. The van der Waals surface area contributed by atoms with Crippen molar-refractivity contribution in [2.75, 3.05) is 6.61 Å². The van der Waals surface area contributed by atoms with Gasteiger partial charge in [-0.1, -0.05) is 48.6 Å². The van der Waals surface area contributed by atoms with Gasteiger partial charge in [0.15, 0.2) is 0 Å². The molecule has 1 N–H and O–H groups in total. The Balaban J connectivity index is 2.09. The Morgan fingerprint density at radius 2 is 1.77 bits per heavy atom. The van der Waals surface area contributed by atoms with Crippen LogP contribution in [0.4, 0.5) is 0 Å². The number of benzene rings is 2.